The van der Waals surface area contributed by atoms with Gasteiger partial charge in [-0.1, -0.05) is 86.0 Å². The molecule has 1 aromatic heterocycles. The molecule has 0 spiro atoms. The van der Waals surface area contributed by atoms with Gasteiger partial charge in [-0.2, -0.15) is 0 Å². The lowest BCUT2D eigenvalue weighted by molar-refractivity contribution is 1.63. The summed E-state index contributed by atoms with van der Waals surface area (Å²) in [7, 11) is 0. The summed E-state index contributed by atoms with van der Waals surface area (Å²) in [6.45, 7) is 7.94. The van der Waals surface area contributed by atoms with Crippen molar-refractivity contribution in [2.24, 2.45) is 0 Å². The summed E-state index contributed by atoms with van der Waals surface area (Å²) in [6, 6.07) is 21.0. The predicted molar refractivity (Wildman–Crippen MR) is 95.4 cm³/mol. The molecular weight excluding hydrogens is 272 g/mol. The first-order chi connectivity index (χ1) is 10.3. The van der Waals surface area contributed by atoms with E-state index in [0.717, 1.165) is 0 Å². The molecule has 0 bridgehead atoms. The van der Waals surface area contributed by atoms with E-state index in [1.165, 1.54) is 32.0 Å². The van der Waals surface area contributed by atoms with Crippen LogP contribution in [0.2, 0.25) is 0 Å². The second kappa shape index (κ2) is 5.94. The molecule has 0 aliphatic rings. The summed E-state index contributed by atoms with van der Waals surface area (Å²) in [6.07, 6.45) is 3.85. The summed E-state index contributed by atoms with van der Waals surface area (Å²) in [5.41, 5.74) is 4.87. The average Bonchev–Trinajstić information content (AvgIpc) is 2.95. The van der Waals surface area contributed by atoms with E-state index in [9.17, 15) is 0 Å². The smallest absolute Gasteiger partial charge is 0.0433 e. The molecule has 0 aliphatic heterocycles. The van der Waals surface area contributed by atoms with Crippen molar-refractivity contribution >= 4 is 23.5 Å². The minimum atomic E-state index is 1.17. The summed E-state index contributed by atoms with van der Waals surface area (Å²) < 4.78 is 0. The van der Waals surface area contributed by atoms with Gasteiger partial charge < -0.3 is 0 Å². The van der Waals surface area contributed by atoms with E-state index in [2.05, 4.69) is 61.7 Å². The second-order valence-electron chi connectivity index (χ2n) is 4.72. The highest BCUT2D eigenvalue weighted by molar-refractivity contribution is 7.17. The normalized spacial score (nSPS) is 10.3. The Labute approximate surface area is 129 Å². The Morgan fingerprint density at radius 2 is 1.29 bits per heavy atom. The highest BCUT2D eigenvalue weighted by Gasteiger charge is 2.17. The maximum atomic E-state index is 3.99. The van der Waals surface area contributed by atoms with Crippen LogP contribution in [0.25, 0.3) is 33.7 Å². The van der Waals surface area contributed by atoms with Gasteiger partial charge in [0.05, 0.1) is 0 Å². The topological polar surface area (TPSA) is 0 Å². The average molecular weight is 288 g/mol. The Kier molecular flexibility index (Phi) is 3.85. The molecule has 2 aromatic carbocycles. The third-order valence-electron chi connectivity index (χ3n) is 3.46. The van der Waals surface area contributed by atoms with Crippen LogP contribution < -0.4 is 0 Å². The van der Waals surface area contributed by atoms with Gasteiger partial charge in [0.2, 0.25) is 0 Å². The van der Waals surface area contributed by atoms with Gasteiger partial charge in [-0.15, -0.1) is 11.3 Å². The van der Waals surface area contributed by atoms with Gasteiger partial charge in [-0.25, -0.2) is 0 Å². The van der Waals surface area contributed by atoms with Gasteiger partial charge in [0.15, 0.2) is 0 Å². The van der Waals surface area contributed by atoms with Crippen LogP contribution in [0.5, 0.6) is 0 Å². The van der Waals surface area contributed by atoms with Crippen LogP contribution in [0, 0.1) is 0 Å². The van der Waals surface area contributed by atoms with Crippen LogP contribution in [-0.2, 0) is 0 Å². The fourth-order valence-electron chi connectivity index (χ4n) is 2.50. The third kappa shape index (κ3) is 2.48. The SMILES string of the molecule is C=Cc1sc(-c2ccccc2)c(-c2ccccc2)c1C=C. The molecule has 3 aromatic rings. The molecule has 3 rings (SSSR count). The van der Waals surface area contributed by atoms with Crippen molar-refractivity contribution in [1.29, 1.82) is 0 Å². The predicted octanol–water partition coefficient (Wildman–Crippen LogP) is 6.37. The van der Waals surface area contributed by atoms with Crippen molar-refractivity contribution in [3.63, 3.8) is 0 Å². The van der Waals surface area contributed by atoms with Gasteiger partial charge in [-0.05, 0) is 11.1 Å². The number of rotatable bonds is 4. The molecule has 0 fully saturated rings. The van der Waals surface area contributed by atoms with Crippen LogP contribution in [0.1, 0.15) is 10.4 Å². The van der Waals surface area contributed by atoms with Crippen molar-refractivity contribution < 1.29 is 0 Å². The quantitative estimate of drug-likeness (QED) is 0.523. The summed E-state index contributed by atoms with van der Waals surface area (Å²) >= 11 is 1.77. The van der Waals surface area contributed by atoms with E-state index in [1.54, 1.807) is 11.3 Å². The fourth-order valence-corrected chi connectivity index (χ4v) is 3.68. The molecule has 21 heavy (non-hydrogen) atoms. The Morgan fingerprint density at radius 3 is 1.81 bits per heavy atom. The molecule has 0 saturated carbocycles. The molecule has 0 unspecified atom stereocenters. The fraction of sp³-hybridized carbons (Fsp3) is 0. The van der Waals surface area contributed by atoms with Crippen molar-refractivity contribution in [3.05, 3.63) is 84.3 Å². The highest BCUT2D eigenvalue weighted by atomic mass is 32.1. The minimum absolute atomic E-state index is 1.17. The first-order valence-electron chi connectivity index (χ1n) is 6.87. The third-order valence-corrected chi connectivity index (χ3v) is 4.71. The molecule has 102 valence electrons. The van der Waals surface area contributed by atoms with Crippen molar-refractivity contribution in [2.45, 2.75) is 0 Å². The summed E-state index contributed by atoms with van der Waals surface area (Å²) in [4.78, 5) is 2.44. The molecular formula is C20H16S. The molecule has 1 heteroatoms. The van der Waals surface area contributed by atoms with Crippen LogP contribution in [0.3, 0.4) is 0 Å². The number of benzene rings is 2. The van der Waals surface area contributed by atoms with Crippen LogP contribution in [0.15, 0.2) is 73.8 Å². The van der Waals surface area contributed by atoms with E-state index in [-0.39, 0.29) is 0 Å². The molecule has 0 atom stereocenters. The molecule has 0 nitrogen and oxygen atoms in total. The Hall–Kier alpha value is -2.38. The first kappa shape index (κ1) is 13.6. The van der Waals surface area contributed by atoms with E-state index in [0.29, 0.717) is 0 Å². The Bertz CT molecular complexity index is 764. The summed E-state index contributed by atoms with van der Waals surface area (Å²) in [5, 5.41) is 0. The minimum Gasteiger partial charge on any atom is -0.135 e. The van der Waals surface area contributed by atoms with Crippen molar-refractivity contribution in [2.75, 3.05) is 0 Å². The maximum Gasteiger partial charge on any atom is 0.0433 e. The Balaban J connectivity index is 2.32. The molecule has 0 N–H and O–H groups in total. The zero-order valence-corrected chi connectivity index (χ0v) is 12.6. The van der Waals surface area contributed by atoms with Gasteiger partial charge in [-0.3, -0.25) is 0 Å². The van der Waals surface area contributed by atoms with Crippen LogP contribution >= 0.6 is 11.3 Å². The van der Waals surface area contributed by atoms with Gasteiger partial charge in [0.25, 0.3) is 0 Å². The van der Waals surface area contributed by atoms with E-state index in [1.807, 2.05) is 24.3 Å². The largest absolute Gasteiger partial charge is 0.135 e. The molecule has 0 amide bonds. The summed E-state index contributed by atoms with van der Waals surface area (Å²) in [5.74, 6) is 0. The maximum absolute atomic E-state index is 3.99. The van der Waals surface area contributed by atoms with E-state index in [4.69, 9.17) is 0 Å². The lowest BCUT2D eigenvalue weighted by Gasteiger charge is -2.06. The number of hydrogen-bond acceptors (Lipinski definition) is 1. The monoisotopic (exact) mass is 288 g/mol. The van der Waals surface area contributed by atoms with E-state index >= 15 is 0 Å². The van der Waals surface area contributed by atoms with Gasteiger partial charge in [0.1, 0.15) is 0 Å². The lowest BCUT2D eigenvalue weighted by atomic mass is 9.97. The zero-order valence-electron chi connectivity index (χ0n) is 11.8. The molecule has 1 heterocycles. The second-order valence-corrected chi connectivity index (χ2v) is 5.78. The standard InChI is InChI=1S/C20H16S/c1-3-17-18(4-2)21-20(16-13-9-6-10-14-16)19(17)15-11-7-5-8-12-15/h3-14H,1-2H2. The molecule has 0 radical (unpaired) electrons. The van der Waals surface area contributed by atoms with Crippen LogP contribution in [0.4, 0.5) is 0 Å². The van der Waals surface area contributed by atoms with Crippen molar-refractivity contribution in [1.82, 2.24) is 0 Å². The van der Waals surface area contributed by atoms with Crippen molar-refractivity contribution in [3.8, 4) is 21.6 Å². The van der Waals surface area contributed by atoms with Gasteiger partial charge in [0, 0.05) is 20.9 Å². The first-order valence-corrected chi connectivity index (χ1v) is 7.69. The zero-order chi connectivity index (χ0) is 14.7. The lowest BCUT2D eigenvalue weighted by Crippen LogP contribution is -1.82. The number of thiophene rings is 1. The molecule has 0 aliphatic carbocycles. The van der Waals surface area contributed by atoms with E-state index < -0.39 is 0 Å². The van der Waals surface area contributed by atoms with Crippen LogP contribution in [-0.4, -0.2) is 0 Å². The van der Waals surface area contributed by atoms with Gasteiger partial charge >= 0.3 is 0 Å². The molecule has 0 saturated heterocycles. The number of hydrogen-bond donors (Lipinski definition) is 0. The highest BCUT2D eigenvalue weighted by Crippen LogP contribution is 2.44. The Morgan fingerprint density at radius 1 is 0.714 bits per heavy atom.